The van der Waals surface area contributed by atoms with Crippen molar-refractivity contribution in [3.8, 4) is 0 Å². The van der Waals surface area contributed by atoms with E-state index < -0.39 is 29.0 Å². The highest BCUT2D eigenvalue weighted by molar-refractivity contribution is 5.90. The Labute approximate surface area is 88.4 Å². The van der Waals surface area contributed by atoms with Gasteiger partial charge in [0.25, 0.3) is 0 Å². The molecule has 0 aliphatic carbocycles. The van der Waals surface area contributed by atoms with Crippen LogP contribution in [0.5, 0.6) is 0 Å². The molecule has 0 unspecified atom stereocenters. The largest absolute Gasteiger partial charge is 0.416 e. The van der Waals surface area contributed by atoms with Crippen LogP contribution in [0, 0.1) is 5.82 Å². The molecule has 0 saturated carbocycles. The lowest BCUT2D eigenvalue weighted by atomic mass is 10.1. The molecule has 86 valence electrons. The summed E-state index contributed by atoms with van der Waals surface area (Å²) in [7, 11) is 0. The van der Waals surface area contributed by atoms with Crippen LogP contribution < -0.4 is 5.73 Å². The highest BCUT2D eigenvalue weighted by Gasteiger charge is 2.32. The van der Waals surface area contributed by atoms with Gasteiger partial charge in [-0.25, -0.2) is 4.39 Å². The lowest BCUT2D eigenvalue weighted by Crippen LogP contribution is -2.09. The number of hydrogen-bond donors (Lipinski definition) is 1. The minimum Gasteiger partial charge on any atom is -0.366 e. The van der Waals surface area contributed by atoms with Crippen molar-refractivity contribution in [3.05, 3.63) is 41.2 Å². The first-order valence-corrected chi connectivity index (χ1v) is 4.15. The van der Waals surface area contributed by atoms with Crippen LogP contribution in [-0.4, -0.2) is 5.91 Å². The molecule has 0 saturated heterocycles. The summed E-state index contributed by atoms with van der Waals surface area (Å²) in [5.41, 5.74) is 3.28. The molecule has 1 aromatic rings. The van der Waals surface area contributed by atoms with Crippen molar-refractivity contribution in [3.63, 3.8) is 0 Å². The monoisotopic (exact) mass is 233 g/mol. The van der Waals surface area contributed by atoms with Gasteiger partial charge < -0.3 is 5.73 Å². The van der Waals surface area contributed by atoms with Crippen LogP contribution in [0.3, 0.4) is 0 Å². The Balaban J connectivity index is 3.24. The summed E-state index contributed by atoms with van der Waals surface area (Å²) >= 11 is 0. The number of carbonyl (C=O) groups excluding carboxylic acids is 1. The van der Waals surface area contributed by atoms with Gasteiger partial charge in [0.15, 0.2) is 0 Å². The van der Waals surface area contributed by atoms with E-state index >= 15 is 0 Å². The number of rotatable bonds is 2. The molecule has 0 fully saturated rings. The molecule has 0 heterocycles. The highest BCUT2D eigenvalue weighted by Crippen LogP contribution is 2.32. The van der Waals surface area contributed by atoms with Gasteiger partial charge in [0.2, 0.25) is 5.91 Å². The van der Waals surface area contributed by atoms with Crippen molar-refractivity contribution in [1.29, 1.82) is 0 Å². The average molecular weight is 233 g/mol. The summed E-state index contributed by atoms with van der Waals surface area (Å²) in [6, 6.07) is 1.99. The number of nitrogens with two attached hydrogens (primary N) is 1. The molecule has 2 nitrogen and oxygen atoms in total. The van der Waals surface area contributed by atoms with Crippen LogP contribution in [0.25, 0.3) is 6.08 Å². The van der Waals surface area contributed by atoms with Gasteiger partial charge >= 0.3 is 6.18 Å². The molecule has 1 aromatic carbocycles. The highest BCUT2D eigenvalue weighted by atomic mass is 19.4. The molecule has 16 heavy (non-hydrogen) atoms. The van der Waals surface area contributed by atoms with E-state index in [4.69, 9.17) is 5.73 Å². The summed E-state index contributed by atoms with van der Waals surface area (Å²) in [5, 5.41) is 0. The van der Waals surface area contributed by atoms with E-state index in [-0.39, 0.29) is 0 Å². The second-order valence-electron chi connectivity index (χ2n) is 2.97. The van der Waals surface area contributed by atoms with Crippen molar-refractivity contribution in [2.75, 3.05) is 0 Å². The molecule has 0 aliphatic heterocycles. The van der Waals surface area contributed by atoms with Crippen molar-refractivity contribution in [1.82, 2.24) is 0 Å². The zero-order chi connectivity index (χ0) is 12.3. The first-order valence-electron chi connectivity index (χ1n) is 4.15. The van der Waals surface area contributed by atoms with Gasteiger partial charge in [-0.2, -0.15) is 13.2 Å². The Morgan fingerprint density at radius 2 is 1.94 bits per heavy atom. The lowest BCUT2D eigenvalue weighted by molar-refractivity contribution is -0.137. The third kappa shape index (κ3) is 3.08. The van der Waals surface area contributed by atoms with Crippen molar-refractivity contribution in [2.24, 2.45) is 5.73 Å². The van der Waals surface area contributed by atoms with E-state index in [1.807, 2.05) is 0 Å². The van der Waals surface area contributed by atoms with Crippen molar-refractivity contribution in [2.45, 2.75) is 6.18 Å². The topological polar surface area (TPSA) is 43.1 Å². The first kappa shape index (κ1) is 12.2. The fraction of sp³-hybridized carbons (Fsp3) is 0.100. The fourth-order valence-electron chi connectivity index (χ4n) is 1.10. The minimum absolute atomic E-state index is 0.439. The van der Waals surface area contributed by atoms with E-state index in [0.717, 1.165) is 12.2 Å². The first-order chi connectivity index (χ1) is 7.30. The van der Waals surface area contributed by atoms with Crippen molar-refractivity contribution < 1.29 is 22.4 Å². The molecule has 6 heteroatoms. The van der Waals surface area contributed by atoms with Crippen LogP contribution in [0.4, 0.5) is 17.6 Å². The number of benzene rings is 1. The summed E-state index contributed by atoms with van der Waals surface area (Å²) in [6.07, 6.45) is -3.04. The van der Waals surface area contributed by atoms with Crippen LogP contribution in [0.1, 0.15) is 11.1 Å². The Hall–Kier alpha value is -1.85. The van der Waals surface area contributed by atoms with E-state index in [9.17, 15) is 22.4 Å². The van der Waals surface area contributed by atoms with E-state index in [1.165, 1.54) is 0 Å². The van der Waals surface area contributed by atoms with Crippen molar-refractivity contribution >= 4 is 12.0 Å². The van der Waals surface area contributed by atoms with E-state index in [1.54, 1.807) is 0 Å². The molecule has 0 radical (unpaired) electrons. The number of primary amides is 1. The van der Waals surface area contributed by atoms with Crippen LogP contribution in [0.15, 0.2) is 24.3 Å². The van der Waals surface area contributed by atoms with Gasteiger partial charge in [-0.1, -0.05) is 0 Å². The number of alkyl halides is 3. The lowest BCUT2D eigenvalue weighted by Gasteiger charge is -2.09. The Morgan fingerprint density at radius 3 is 2.44 bits per heavy atom. The Bertz CT molecular complexity index is 437. The van der Waals surface area contributed by atoms with Crippen LogP contribution in [-0.2, 0) is 11.0 Å². The number of hydrogen-bond acceptors (Lipinski definition) is 1. The molecule has 0 atom stereocenters. The summed E-state index contributed by atoms with van der Waals surface area (Å²) < 4.78 is 50.0. The smallest absolute Gasteiger partial charge is 0.366 e. The minimum atomic E-state index is -4.61. The normalized spacial score (nSPS) is 12.0. The number of carbonyl (C=O) groups is 1. The van der Waals surface area contributed by atoms with E-state index in [2.05, 4.69) is 0 Å². The molecule has 0 aromatic heterocycles. The fourth-order valence-corrected chi connectivity index (χ4v) is 1.10. The maximum atomic E-state index is 12.7. The van der Waals surface area contributed by atoms with E-state index in [0.29, 0.717) is 18.2 Å². The quantitative estimate of drug-likeness (QED) is 0.618. The second-order valence-corrected chi connectivity index (χ2v) is 2.97. The molecular formula is C10H7F4NO. The SMILES string of the molecule is NC(=O)/C=C/c1cc(F)ccc1C(F)(F)F. The third-order valence-corrected chi connectivity index (χ3v) is 1.75. The number of halogens is 4. The van der Waals surface area contributed by atoms with Gasteiger partial charge in [0.1, 0.15) is 5.82 Å². The Kier molecular flexibility index (Phi) is 3.31. The average Bonchev–Trinajstić information content (AvgIpc) is 2.12. The standard InChI is InChI=1S/C10H7F4NO/c11-7-2-3-8(10(12,13)14)6(5-7)1-4-9(15)16/h1-5H,(H2,15,16)/b4-1+. The van der Waals surface area contributed by atoms with Gasteiger partial charge in [-0.3, -0.25) is 4.79 Å². The predicted molar refractivity (Wildman–Crippen MR) is 49.6 cm³/mol. The predicted octanol–water partition coefficient (Wildman–Crippen LogP) is 2.34. The van der Waals surface area contributed by atoms with Gasteiger partial charge in [0, 0.05) is 6.08 Å². The van der Waals surface area contributed by atoms with Crippen LogP contribution in [0.2, 0.25) is 0 Å². The summed E-state index contributed by atoms with van der Waals surface area (Å²) in [4.78, 5) is 10.4. The molecular weight excluding hydrogens is 226 g/mol. The molecule has 0 bridgehead atoms. The maximum Gasteiger partial charge on any atom is 0.416 e. The zero-order valence-corrected chi connectivity index (χ0v) is 7.88. The third-order valence-electron chi connectivity index (χ3n) is 1.75. The molecule has 0 aliphatic rings. The molecule has 1 amide bonds. The zero-order valence-electron chi connectivity index (χ0n) is 7.88. The van der Waals surface area contributed by atoms with Gasteiger partial charge in [-0.05, 0) is 29.8 Å². The van der Waals surface area contributed by atoms with Crippen LogP contribution >= 0.6 is 0 Å². The maximum absolute atomic E-state index is 12.7. The molecule has 0 spiro atoms. The second kappa shape index (κ2) is 4.34. The Morgan fingerprint density at radius 1 is 1.31 bits per heavy atom. The number of amides is 1. The van der Waals surface area contributed by atoms with Gasteiger partial charge in [-0.15, -0.1) is 0 Å². The molecule has 2 N–H and O–H groups in total. The molecule has 1 rings (SSSR count). The van der Waals surface area contributed by atoms with Gasteiger partial charge in [0.05, 0.1) is 5.56 Å². The summed E-state index contributed by atoms with van der Waals surface area (Å²) in [5.74, 6) is -1.73. The summed E-state index contributed by atoms with van der Waals surface area (Å²) in [6.45, 7) is 0.